The van der Waals surface area contributed by atoms with Gasteiger partial charge < -0.3 is 14.6 Å². The van der Waals surface area contributed by atoms with Crippen molar-refractivity contribution in [3.8, 4) is 0 Å². The molecule has 3 aromatic rings. The topological polar surface area (TPSA) is 75.5 Å². The van der Waals surface area contributed by atoms with Crippen LogP contribution in [0.5, 0.6) is 0 Å². The van der Waals surface area contributed by atoms with Crippen LogP contribution in [-0.2, 0) is 17.7 Å². The van der Waals surface area contributed by atoms with E-state index in [4.69, 9.17) is 9.73 Å². The Bertz CT molecular complexity index is 1090. The summed E-state index contributed by atoms with van der Waals surface area (Å²) in [4.78, 5) is 21.6. The number of morpholine rings is 1. The third-order valence-corrected chi connectivity index (χ3v) is 5.27. The molecule has 7 heteroatoms. The molecule has 0 atom stereocenters. The molecule has 0 spiro atoms. The summed E-state index contributed by atoms with van der Waals surface area (Å²) in [7, 11) is 0. The summed E-state index contributed by atoms with van der Waals surface area (Å²) in [6.45, 7) is 3.46. The number of H-pyrrole nitrogens is 1. The lowest BCUT2D eigenvalue weighted by Gasteiger charge is -2.31. The predicted octanol–water partition coefficient (Wildman–Crippen LogP) is 2.50. The Kier molecular flexibility index (Phi) is 4.29. The molecule has 5 rings (SSSR count). The first-order valence-corrected chi connectivity index (χ1v) is 9.49. The van der Waals surface area contributed by atoms with Crippen LogP contribution < -0.4 is 0 Å². The maximum Gasteiger partial charge on any atom is 0.170 e. The number of nitrogens with zero attached hydrogens (tertiary/aromatic N) is 4. The molecule has 28 heavy (non-hydrogen) atoms. The van der Waals surface area contributed by atoms with Gasteiger partial charge in [-0.1, -0.05) is 12.1 Å². The molecule has 0 unspecified atom stereocenters. The summed E-state index contributed by atoms with van der Waals surface area (Å²) >= 11 is 0. The molecule has 1 fully saturated rings. The van der Waals surface area contributed by atoms with Crippen LogP contribution in [0.1, 0.15) is 21.7 Å². The van der Waals surface area contributed by atoms with Gasteiger partial charge in [0.1, 0.15) is 11.5 Å². The number of benzene rings is 1. The second-order valence-electron chi connectivity index (χ2n) is 7.03. The number of aliphatic imine (C=N–C) groups is 1. The van der Waals surface area contributed by atoms with E-state index in [2.05, 4.69) is 45.3 Å². The van der Waals surface area contributed by atoms with Crippen molar-refractivity contribution in [1.82, 2.24) is 19.7 Å². The minimum atomic E-state index is 0.435. The Hall–Kier alpha value is -3.19. The summed E-state index contributed by atoms with van der Waals surface area (Å²) in [5.41, 5.74) is 4.74. The van der Waals surface area contributed by atoms with Crippen molar-refractivity contribution in [2.24, 2.45) is 4.99 Å². The monoisotopic (exact) mass is 375 g/mol. The van der Waals surface area contributed by atoms with E-state index < -0.39 is 0 Å². The Balaban J connectivity index is 1.54. The zero-order valence-corrected chi connectivity index (χ0v) is 15.5. The van der Waals surface area contributed by atoms with Gasteiger partial charge in [0.25, 0.3) is 0 Å². The van der Waals surface area contributed by atoms with Gasteiger partial charge in [-0.25, -0.2) is 4.68 Å². The van der Waals surface area contributed by atoms with E-state index >= 15 is 0 Å². The number of aromatic amines is 1. The molecule has 142 valence electrons. The van der Waals surface area contributed by atoms with E-state index in [-0.39, 0.29) is 0 Å². The number of carbonyl (C=O) groups excluding carboxylic acids is 1. The summed E-state index contributed by atoms with van der Waals surface area (Å²) in [5, 5.41) is 5.71. The molecule has 2 aliphatic heterocycles. The molecule has 1 saturated heterocycles. The van der Waals surface area contributed by atoms with Crippen LogP contribution in [-0.4, -0.2) is 58.0 Å². The molecule has 1 aromatic carbocycles. The number of hydrogen-bond acceptors (Lipinski definition) is 5. The number of hydrogen-bond donors (Lipinski definition) is 1. The maximum atomic E-state index is 11.2. The Morgan fingerprint density at radius 2 is 2.11 bits per heavy atom. The van der Waals surface area contributed by atoms with Crippen LogP contribution in [0.15, 0.2) is 47.6 Å². The summed E-state index contributed by atoms with van der Waals surface area (Å²) in [6, 6.07) is 10.2. The minimum absolute atomic E-state index is 0.435. The highest BCUT2D eigenvalue weighted by molar-refractivity contribution is 6.02. The number of allylic oxidation sites excluding steroid dienone is 1. The number of aldehydes is 1. The van der Waals surface area contributed by atoms with Crippen molar-refractivity contribution in [2.75, 3.05) is 26.3 Å². The van der Waals surface area contributed by atoms with Gasteiger partial charge in [-0.3, -0.25) is 9.79 Å². The predicted molar refractivity (Wildman–Crippen MR) is 107 cm³/mol. The summed E-state index contributed by atoms with van der Waals surface area (Å²) < 4.78 is 7.37. The van der Waals surface area contributed by atoms with Crippen LogP contribution in [0.25, 0.3) is 16.7 Å². The van der Waals surface area contributed by atoms with Crippen LogP contribution in [0.3, 0.4) is 0 Å². The summed E-state index contributed by atoms with van der Waals surface area (Å²) in [5.74, 6) is 0.962. The third kappa shape index (κ3) is 3.03. The number of fused-ring (bicyclic) bond motifs is 2. The van der Waals surface area contributed by atoms with E-state index in [9.17, 15) is 4.79 Å². The molecule has 0 aliphatic carbocycles. The zero-order valence-electron chi connectivity index (χ0n) is 15.5. The fourth-order valence-corrected chi connectivity index (χ4v) is 3.87. The van der Waals surface area contributed by atoms with Crippen molar-refractivity contribution in [2.45, 2.75) is 13.0 Å². The molecule has 7 nitrogen and oxygen atoms in total. The molecular formula is C21H21N5O2. The van der Waals surface area contributed by atoms with Crippen molar-refractivity contribution in [3.63, 3.8) is 0 Å². The number of carbonyl (C=O) groups is 1. The lowest BCUT2D eigenvalue weighted by Crippen LogP contribution is -2.37. The van der Waals surface area contributed by atoms with Gasteiger partial charge in [0.2, 0.25) is 0 Å². The highest BCUT2D eigenvalue weighted by Crippen LogP contribution is 2.23. The van der Waals surface area contributed by atoms with Gasteiger partial charge in [-0.15, -0.1) is 0 Å². The first-order valence-electron chi connectivity index (χ1n) is 9.49. The molecule has 0 radical (unpaired) electrons. The fourth-order valence-electron chi connectivity index (χ4n) is 3.87. The van der Waals surface area contributed by atoms with Gasteiger partial charge >= 0.3 is 0 Å². The summed E-state index contributed by atoms with van der Waals surface area (Å²) in [6.07, 6.45) is 5.60. The standard InChI is InChI=1S/C21H21N5O2/c27-14-17-11-18-13-23-16(10-15-2-1-3-20-19(15)4-5-22-20)12-21(26(18)24-17)25-6-8-28-9-7-25/h1-5,11-12,14,22H,6-10,13H2. The Labute approximate surface area is 162 Å². The average Bonchev–Trinajstić information content (AvgIpc) is 3.34. The van der Waals surface area contributed by atoms with Crippen LogP contribution in [0.4, 0.5) is 0 Å². The van der Waals surface area contributed by atoms with Crippen LogP contribution in [0.2, 0.25) is 0 Å². The highest BCUT2D eigenvalue weighted by atomic mass is 16.5. The van der Waals surface area contributed by atoms with Gasteiger partial charge in [0.15, 0.2) is 6.29 Å². The van der Waals surface area contributed by atoms with Gasteiger partial charge in [-0.05, 0) is 23.8 Å². The SMILES string of the molecule is O=Cc1cc2n(n1)C(N1CCOCC1)=CC(Cc1cccc3[nH]ccc13)=NC2. The lowest BCUT2D eigenvalue weighted by molar-refractivity contribution is 0.0611. The smallest absolute Gasteiger partial charge is 0.170 e. The molecule has 0 saturated carbocycles. The van der Waals surface area contributed by atoms with E-state index in [1.165, 1.54) is 10.9 Å². The number of nitrogens with one attached hydrogen (secondary N) is 1. The quantitative estimate of drug-likeness (QED) is 0.711. The first kappa shape index (κ1) is 16.9. The third-order valence-electron chi connectivity index (χ3n) is 5.27. The normalized spacial score (nSPS) is 17.1. The number of aromatic nitrogens is 3. The molecule has 0 bridgehead atoms. The van der Waals surface area contributed by atoms with Crippen LogP contribution >= 0.6 is 0 Å². The van der Waals surface area contributed by atoms with Crippen molar-refractivity contribution < 1.29 is 9.53 Å². The zero-order chi connectivity index (χ0) is 18.9. The lowest BCUT2D eigenvalue weighted by atomic mass is 10.0. The van der Waals surface area contributed by atoms with Gasteiger partial charge in [-0.2, -0.15) is 5.10 Å². The minimum Gasteiger partial charge on any atom is -0.378 e. The van der Waals surface area contributed by atoms with Gasteiger partial charge in [0.05, 0.1) is 25.5 Å². The number of rotatable bonds is 4. The largest absolute Gasteiger partial charge is 0.378 e. The second kappa shape index (κ2) is 7.09. The Morgan fingerprint density at radius 3 is 2.96 bits per heavy atom. The maximum absolute atomic E-state index is 11.2. The van der Waals surface area contributed by atoms with Crippen molar-refractivity contribution in [1.29, 1.82) is 0 Å². The van der Waals surface area contributed by atoms with E-state index in [0.717, 1.165) is 48.5 Å². The molecule has 1 N–H and O–H groups in total. The Morgan fingerprint density at radius 1 is 1.21 bits per heavy atom. The fraction of sp³-hybridized carbons (Fsp3) is 0.286. The highest BCUT2D eigenvalue weighted by Gasteiger charge is 2.22. The molecule has 2 aliphatic rings. The van der Waals surface area contributed by atoms with Gasteiger partial charge in [0, 0.05) is 48.4 Å². The van der Waals surface area contributed by atoms with E-state index in [1.54, 1.807) is 0 Å². The molecule has 2 aromatic heterocycles. The average molecular weight is 375 g/mol. The van der Waals surface area contributed by atoms with E-state index in [1.807, 2.05) is 16.9 Å². The second-order valence-corrected chi connectivity index (χ2v) is 7.03. The van der Waals surface area contributed by atoms with E-state index in [0.29, 0.717) is 25.5 Å². The molecular weight excluding hydrogens is 354 g/mol. The molecule has 4 heterocycles. The first-order chi connectivity index (χ1) is 13.8. The van der Waals surface area contributed by atoms with Crippen LogP contribution in [0, 0.1) is 0 Å². The number of ether oxygens (including phenoxy) is 1. The van der Waals surface area contributed by atoms with Crippen molar-refractivity contribution >= 4 is 28.7 Å². The molecule has 0 amide bonds. The van der Waals surface area contributed by atoms with Crippen molar-refractivity contribution in [3.05, 3.63) is 59.6 Å².